The summed E-state index contributed by atoms with van der Waals surface area (Å²) in [6, 6.07) is 1.70. The fourth-order valence-corrected chi connectivity index (χ4v) is 4.79. The molecule has 1 aromatic rings. The van der Waals surface area contributed by atoms with Crippen molar-refractivity contribution in [1.82, 2.24) is 9.80 Å². The minimum atomic E-state index is -1.13. The van der Waals surface area contributed by atoms with Crippen LogP contribution < -0.4 is 5.32 Å². The predicted octanol–water partition coefficient (Wildman–Crippen LogP) is 0.00810. The summed E-state index contributed by atoms with van der Waals surface area (Å²) in [5.74, 6) is -1.86. The maximum Gasteiger partial charge on any atom is 0.352 e. The Hall–Kier alpha value is -2.63. The van der Waals surface area contributed by atoms with Gasteiger partial charge in [-0.25, -0.2) is 4.79 Å². The smallest absolute Gasteiger partial charge is 0.352 e. The van der Waals surface area contributed by atoms with Crippen LogP contribution in [-0.2, 0) is 4.79 Å². The number of aliphatic hydroxyl groups excluding tert-OH is 2. The number of nitrogens with one attached hydrogen (secondary N) is 1. The van der Waals surface area contributed by atoms with Crippen molar-refractivity contribution in [3.05, 3.63) is 29.0 Å². The molecule has 2 heterocycles. The Labute approximate surface area is 171 Å². The van der Waals surface area contributed by atoms with E-state index < -0.39 is 24.1 Å². The molecular formula is C18H23N3O7S. The third kappa shape index (κ3) is 3.68. The Morgan fingerprint density at radius 2 is 2.00 bits per heavy atom. The number of aliphatic hydroxyl groups is 2. The second kappa shape index (κ2) is 8.01. The number of carboxylic acid groups (broad SMARTS) is 1. The number of aliphatic carboxylic acids is 1. The summed E-state index contributed by atoms with van der Waals surface area (Å²) in [5.41, 5.74) is 0.709. The molecule has 1 amide bonds. The highest BCUT2D eigenvalue weighted by atomic mass is 32.2. The minimum absolute atomic E-state index is 0.0687. The molecule has 3 rings (SSSR count). The van der Waals surface area contributed by atoms with Gasteiger partial charge in [0.2, 0.25) is 0 Å². The Kier molecular flexibility index (Phi) is 5.82. The fraction of sp³-hybridized carbons (Fsp3) is 0.444. The molecule has 1 fully saturated rings. The SMILES string of the molecule is CC1=C(C(=O)O)N2C(O)C(Nc3cc(O)c(C(=O)N(C)CCO)cc3O)C2SC1. The molecule has 0 aromatic heterocycles. The van der Waals surface area contributed by atoms with Crippen molar-refractivity contribution in [2.24, 2.45) is 0 Å². The average molecular weight is 425 g/mol. The van der Waals surface area contributed by atoms with Crippen LogP contribution >= 0.6 is 11.8 Å². The largest absolute Gasteiger partial charge is 0.507 e. The zero-order chi connectivity index (χ0) is 21.5. The first-order valence-electron chi connectivity index (χ1n) is 8.87. The summed E-state index contributed by atoms with van der Waals surface area (Å²) in [6.07, 6.45) is -1.13. The van der Waals surface area contributed by atoms with Gasteiger partial charge in [0, 0.05) is 25.4 Å². The van der Waals surface area contributed by atoms with Gasteiger partial charge in [0.25, 0.3) is 5.91 Å². The summed E-state index contributed by atoms with van der Waals surface area (Å²) in [4.78, 5) is 26.4. The topological polar surface area (TPSA) is 154 Å². The number of phenolic OH excluding ortho intramolecular Hbond substituents is 2. The fourth-order valence-electron chi connectivity index (χ4n) is 3.42. The number of carboxylic acids is 1. The Morgan fingerprint density at radius 1 is 1.31 bits per heavy atom. The van der Waals surface area contributed by atoms with E-state index in [9.17, 15) is 30.0 Å². The van der Waals surface area contributed by atoms with Gasteiger partial charge in [0.05, 0.1) is 17.9 Å². The number of hydrogen-bond acceptors (Lipinski definition) is 9. The molecule has 0 spiro atoms. The van der Waals surface area contributed by atoms with E-state index in [1.54, 1.807) is 6.92 Å². The maximum atomic E-state index is 12.3. The van der Waals surface area contributed by atoms with Crippen LogP contribution in [0, 0.1) is 0 Å². The van der Waals surface area contributed by atoms with Crippen LogP contribution in [-0.4, -0.2) is 90.8 Å². The standard InChI is InChI=1S/C18H23N3O7S/c1-8-7-29-17-13(16(26)21(17)14(8)18(27)28)19-10-6-11(23)9(5-12(10)24)15(25)20(2)3-4-22/h5-6,13,16-17,19,22-24,26H,3-4,7H2,1-2H3,(H,27,28). The van der Waals surface area contributed by atoms with Gasteiger partial charge in [-0.3, -0.25) is 4.79 Å². The Morgan fingerprint density at radius 3 is 2.62 bits per heavy atom. The number of carbonyl (C=O) groups is 2. The molecule has 158 valence electrons. The summed E-state index contributed by atoms with van der Waals surface area (Å²) in [6.45, 7) is 1.53. The molecule has 1 aromatic carbocycles. The Bertz CT molecular complexity index is 875. The lowest BCUT2D eigenvalue weighted by Crippen LogP contribution is -2.70. The van der Waals surface area contributed by atoms with Gasteiger partial charge in [-0.1, -0.05) is 0 Å². The number of benzene rings is 1. The van der Waals surface area contributed by atoms with E-state index in [-0.39, 0.29) is 47.0 Å². The molecule has 29 heavy (non-hydrogen) atoms. The van der Waals surface area contributed by atoms with E-state index >= 15 is 0 Å². The number of thioether (sulfide) groups is 1. The van der Waals surface area contributed by atoms with Gasteiger partial charge in [0.15, 0.2) is 6.23 Å². The number of likely N-dealkylation sites (N-methyl/N-ethyl adjacent to an activating group) is 1. The van der Waals surface area contributed by atoms with Crippen LogP contribution in [0.3, 0.4) is 0 Å². The van der Waals surface area contributed by atoms with Crippen molar-refractivity contribution in [3.63, 3.8) is 0 Å². The molecule has 0 bridgehead atoms. The average Bonchev–Trinajstić information content (AvgIpc) is 2.67. The summed E-state index contributed by atoms with van der Waals surface area (Å²) in [7, 11) is 1.45. The van der Waals surface area contributed by atoms with Crippen LogP contribution in [0.2, 0.25) is 0 Å². The van der Waals surface area contributed by atoms with E-state index in [0.29, 0.717) is 11.3 Å². The van der Waals surface area contributed by atoms with Crippen molar-refractivity contribution >= 4 is 29.3 Å². The number of rotatable bonds is 6. The van der Waals surface area contributed by atoms with E-state index in [0.717, 1.165) is 6.07 Å². The summed E-state index contributed by atoms with van der Waals surface area (Å²) >= 11 is 1.45. The molecule has 2 aliphatic heterocycles. The van der Waals surface area contributed by atoms with Crippen LogP contribution in [0.15, 0.2) is 23.4 Å². The lowest BCUT2D eigenvalue weighted by molar-refractivity contribution is -0.142. The van der Waals surface area contributed by atoms with Crippen LogP contribution in [0.4, 0.5) is 5.69 Å². The molecule has 0 radical (unpaired) electrons. The van der Waals surface area contributed by atoms with Crippen molar-refractivity contribution in [2.75, 3.05) is 31.3 Å². The third-order valence-corrected chi connectivity index (χ3v) is 6.43. The van der Waals surface area contributed by atoms with Crippen LogP contribution in [0.5, 0.6) is 11.5 Å². The number of carbonyl (C=O) groups excluding carboxylic acids is 1. The van der Waals surface area contributed by atoms with E-state index in [1.807, 2.05) is 0 Å². The highest BCUT2D eigenvalue weighted by molar-refractivity contribution is 8.00. The predicted molar refractivity (Wildman–Crippen MR) is 106 cm³/mol. The molecular weight excluding hydrogens is 402 g/mol. The molecule has 1 saturated heterocycles. The Balaban J connectivity index is 1.79. The van der Waals surface area contributed by atoms with Gasteiger partial charge in [-0.05, 0) is 18.6 Å². The summed E-state index contributed by atoms with van der Waals surface area (Å²) < 4.78 is 0. The quantitative estimate of drug-likeness (QED) is 0.271. The van der Waals surface area contributed by atoms with E-state index in [4.69, 9.17) is 5.11 Å². The monoisotopic (exact) mass is 425 g/mol. The molecule has 0 saturated carbocycles. The van der Waals surface area contributed by atoms with Crippen molar-refractivity contribution in [3.8, 4) is 11.5 Å². The number of anilines is 1. The number of hydrogen-bond donors (Lipinski definition) is 6. The number of amides is 1. The molecule has 0 aliphatic carbocycles. The first-order valence-corrected chi connectivity index (χ1v) is 9.92. The highest BCUT2D eigenvalue weighted by Crippen LogP contribution is 2.44. The second-order valence-electron chi connectivity index (χ2n) is 6.96. The molecule has 3 atom stereocenters. The molecule has 6 N–H and O–H groups in total. The van der Waals surface area contributed by atoms with Gasteiger partial charge < -0.3 is 40.6 Å². The third-order valence-electron chi connectivity index (χ3n) is 4.97. The second-order valence-corrected chi connectivity index (χ2v) is 8.07. The van der Waals surface area contributed by atoms with Crippen molar-refractivity contribution in [2.45, 2.75) is 24.6 Å². The highest BCUT2D eigenvalue weighted by Gasteiger charge is 2.53. The molecule has 10 nitrogen and oxygen atoms in total. The van der Waals surface area contributed by atoms with Crippen LogP contribution in [0.25, 0.3) is 0 Å². The van der Waals surface area contributed by atoms with E-state index in [2.05, 4.69) is 5.32 Å². The van der Waals surface area contributed by atoms with E-state index in [1.165, 1.54) is 34.7 Å². The van der Waals surface area contributed by atoms with Crippen LogP contribution in [0.1, 0.15) is 17.3 Å². The molecule has 11 heteroatoms. The lowest BCUT2D eigenvalue weighted by atomic mass is 10.0. The minimum Gasteiger partial charge on any atom is -0.507 e. The van der Waals surface area contributed by atoms with Crippen molar-refractivity contribution < 1.29 is 35.1 Å². The van der Waals surface area contributed by atoms with Gasteiger partial charge >= 0.3 is 5.97 Å². The number of fused-ring (bicyclic) bond motifs is 1. The van der Waals surface area contributed by atoms with Gasteiger partial charge in [-0.2, -0.15) is 0 Å². The van der Waals surface area contributed by atoms with Gasteiger partial charge in [-0.15, -0.1) is 11.8 Å². The normalized spacial score (nSPS) is 23.3. The molecule has 3 unspecified atom stereocenters. The van der Waals surface area contributed by atoms with Crippen molar-refractivity contribution in [1.29, 1.82) is 0 Å². The zero-order valence-electron chi connectivity index (χ0n) is 15.9. The first-order chi connectivity index (χ1) is 13.7. The number of aromatic hydroxyl groups is 2. The first kappa shape index (κ1) is 21.1. The zero-order valence-corrected chi connectivity index (χ0v) is 16.7. The lowest BCUT2D eigenvalue weighted by Gasteiger charge is -2.55. The summed E-state index contributed by atoms with van der Waals surface area (Å²) in [5, 5.41) is 51.9. The number of nitrogens with zero attached hydrogens (tertiary/aromatic N) is 2. The van der Waals surface area contributed by atoms with Gasteiger partial charge in [0.1, 0.15) is 28.6 Å². The number of phenols is 2. The maximum absolute atomic E-state index is 12.3. The molecule has 2 aliphatic rings.